The average Bonchev–Trinajstić information content (AvgIpc) is 2.14. The predicted octanol–water partition coefficient (Wildman–Crippen LogP) is 3.32. The first-order chi connectivity index (χ1) is 7.04. The number of carboxylic acids is 1. The zero-order valence-corrected chi connectivity index (χ0v) is 11.0. The summed E-state index contributed by atoms with van der Waals surface area (Å²) in [5.74, 6) is -0.388. The van der Waals surface area contributed by atoms with Gasteiger partial charge in [-0.3, -0.25) is 0 Å². The molecule has 0 fully saturated rings. The summed E-state index contributed by atoms with van der Waals surface area (Å²) >= 11 is 6.65. The molecule has 0 aliphatic rings. The van der Waals surface area contributed by atoms with E-state index in [-0.39, 0.29) is 0 Å². The number of rotatable bonds is 3. The monoisotopic (exact) mass is 334 g/mol. The van der Waals surface area contributed by atoms with Gasteiger partial charge in [0, 0.05) is 20.6 Å². The van der Waals surface area contributed by atoms with E-state index < -0.39 is 5.97 Å². The second-order valence-corrected chi connectivity index (χ2v) is 4.45. The molecule has 3 nitrogen and oxygen atoms in total. The van der Waals surface area contributed by atoms with E-state index in [2.05, 4.69) is 31.9 Å². The number of ether oxygens (including phenoxy) is 1. The minimum absolute atomic E-state index is 0.605. The Morgan fingerprint density at radius 1 is 1.47 bits per heavy atom. The fraction of sp³-hybridized carbons (Fsp3) is 0.100. The molecule has 1 N–H and O–H groups in total. The summed E-state index contributed by atoms with van der Waals surface area (Å²) in [5, 5.41) is 8.53. The Hall–Kier alpha value is -0.810. The minimum Gasteiger partial charge on any atom is -0.496 e. The third kappa shape index (κ3) is 3.35. The van der Waals surface area contributed by atoms with Crippen LogP contribution in [-0.2, 0) is 4.79 Å². The van der Waals surface area contributed by atoms with Crippen LogP contribution < -0.4 is 4.74 Å². The van der Waals surface area contributed by atoms with Crippen molar-refractivity contribution in [3.8, 4) is 5.75 Å². The molecular formula is C10H8Br2O3. The van der Waals surface area contributed by atoms with Gasteiger partial charge in [0.1, 0.15) is 5.75 Å². The Labute approximate surface area is 104 Å². The molecular weight excluding hydrogens is 328 g/mol. The van der Waals surface area contributed by atoms with Gasteiger partial charge in [-0.25, -0.2) is 4.79 Å². The van der Waals surface area contributed by atoms with E-state index >= 15 is 0 Å². The molecule has 0 radical (unpaired) electrons. The first-order valence-electron chi connectivity index (χ1n) is 3.98. The molecule has 5 heteroatoms. The van der Waals surface area contributed by atoms with Gasteiger partial charge in [-0.05, 0) is 34.1 Å². The summed E-state index contributed by atoms with van der Waals surface area (Å²) in [6, 6.07) is 3.59. The number of carbonyl (C=O) groups is 1. The average molecular weight is 336 g/mol. The van der Waals surface area contributed by atoms with E-state index in [0.29, 0.717) is 11.3 Å². The van der Waals surface area contributed by atoms with Crippen LogP contribution in [0.15, 0.2) is 27.2 Å². The fourth-order valence-electron chi connectivity index (χ4n) is 1.05. The van der Waals surface area contributed by atoms with Crippen molar-refractivity contribution >= 4 is 43.9 Å². The van der Waals surface area contributed by atoms with Gasteiger partial charge in [-0.15, -0.1) is 0 Å². The van der Waals surface area contributed by atoms with Gasteiger partial charge in [-0.2, -0.15) is 0 Å². The molecule has 0 aromatic heterocycles. The van der Waals surface area contributed by atoms with Crippen molar-refractivity contribution in [2.24, 2.45) is 0 Å². The van der Waals surface area contributed by atoms with Gasteiger partial charge >= 0.3 is 5.97 Å². The van der Waals surface area contributed by atoms with Gasteiger partial charge in [0.05, 0.1) is 7.11 Å². The molecule has 0 amide bonds. The highest BCUT2D eigenvalue weighted by atomic mass is 79.9. The van der Waals surface area contributed by atoms with Crippen molar-refractivity contribution in [2.75, 3.05) is 7.11 Å². The molecule has 0 saturated carbocycles. The summed E-state index contributed by atoms with van der Waals surface area (Å²) in [6.45, 7) is 0. The largest absolute Gasteiger partial charge is 0.496 e. The number of methoxy groups -OCH3 is 1. The quantitative estimate of drug-likeness (QED) is 0.862. The maximum atomic E-state index is 10.4. The highest BCUT2D eigenvalue weighted by molar-refractivity contribution is 9.11. The Kier molecular flexibility index (Phi) is 4.35. The Balaban J connectivity index is 3.20. The molecule has 0 spiro atoms. The van der Waals surface area contributed by atoms with Crippen LogP contribution in [0.3, 0.4) is 0 Å². The van der Waals surface area contributed by atoms with Crippen molar-refractivity contribution in [3.05, 3.63) is 32.7 Å². The number of hydrogen-bond donors (Lipinski definition) is 1. The smallest absolute Gasteiger partial charge is 0.328 e. The molecule has 0 atom stereocenters. The molecule has 15 heavy (non-hydrogen) atoms. The van der Waals surface area contributed by atoms with E-state index in [4.69, 9.17) is 9.84 Å². The third-order valence-electron chi connectivity index (χ3n) is 1.67. The summed E-state index contributed by atoms with van der Waals surface area (Å²) in [4.78, 5) is 10.4. The Morgan fingerprint density at radius 3 is 2.67 bits per heavy atom. The summed E-state index contributed by atoms with van der Waals surface area (Å²) in [7, 11) is 1.53. The molecule has 0 aliphatic carbocycles. The minimum atomic E-state index is -0.994. The van der Waals surface area contributed by atoms with Crippen LogP contribution in [0.1, 0.15) is 5.56 Å². The normalized spacial score (nSPS) is 10.6. The van der Waals surface area contributed by atoms with Crippen molar-refractivity contribution in [1.82, 2.24) is 0 Å². The molecule has 1 aromatic carbocycles. The standard InChI is InChI=1S/C10H8Br2O3/c1-15-9-5-6(11)4-8(12)7(9)2-3-10(13)14/h2-5H,1H3,(H,13,14)/b3-2+. The lowest BCUT2D eigenvalue weighted by Crippen LogP contribution is -1.90. The summed E-state index contributed by atoms with van der Waals surface area (Å²) in [6.07, 6.45) is 2.55. The first-order valence-corrected chi connectivity index (χ1v) is 5.57. The summed E-state index contributed by atoms with van der Waals surface area (Å²) in [5.41, 5.74) is 0.697. The van der Waals surface area contributed by atoms with E-state index in [1.807, 2.05) is 6.07 Å². The zero-order valence-electron chi connectivity index (χ0n) is 7.83. The van der Waals surface area contributed by atoms with Gasteiger partial charge in [-0.1, -0.05) is 15.9 Å². The van der Waals surface area contributed by atoms with E-state index in [9.17, 15) is 4.79 Å². The summed E-state index contributed by atoms with van der Waals surface area (Å²) < 4.78 is 6.76. The van der Waals surface area contributed by atoms with E-state index in [1.165, 1.54) is 13.2 Å². The SMILES string of the molecule is COc1cc(Br)cc(Br)c1/C=C/C(=O)O. The van der Waals surface area contributed by atoms with E-state index in [0.717, 1.165) is 15.0 Å². The Bertz CT molecular complexity index is 413. The van der Waals surface area contributed by atoms with Crippen molar-refractivity contribution in [2.45, 2.75) is 0 Å². The number of aliphatic carboxylic acids is 1. The maximum Gasteiger partial charge on any atom is 0.328 e. The molecule has 1 aromatic rings. The number of carboxylic acid groups (broad SMARTS) is 1. The second-order valence-electron chi connectivity index (χ2n) is 2.68. The lowest BCUT2D eigenvalue weighted by Gasteiger charge is -2.07. The molecule has 0 bridgehead atoms. The van der Waals surface area contributed by atoms with Gasteiger partial charge in [0.2, 0.25) is 0 Å². The third-order valence-corrected chi connectivity index (χ3v) is 2.78. The first kappa shape index (κ1) is 12.3. The lowest BCUT2D eigenvalue weighted by atomic mass is 10.2. The molecule has 0 heterocycles. The van der Waals surface area contributed by atoms with Crippen molar-refractivity contribution < 1.29 is 14.6 Å². The predicted molar refractivity (Wildman–Crippen MR) is 65.1 cm³/mol. The highest BCUT2D eigenvalue weighted by Crippen LogP contribution is 2.32. The number of halogens is 2. The van der Waals surface area contributed by atoms with Crippen LogP contribution in [0, 0.1) is 0 Å². The molecule has 0 aliphatic heterocycles. The topological polar surface area (TPSA) is 46.5 Å². The zero-order chi connectivity index (χ0) is 11.4. The van der Waals surface area contributed by atoms with Crippen LogP contribution in [0.2, 0.25) is 0 Å². The molecule has 80 valence electrons. The van der Waals surface area contributed by atoms with Crippen LogP contribution in [-0.4, -0.2) is 18.2 Å². The lowest BCUT2D eigenvalue weighted by molar-refractivity contribution is -0.131. The van der Waals surface area contributed by atoms with Crippen LogP contribution in [0.4, 0.5) is 0 Å². The molecule has 0 unspecified atom stereocenters. The molecule has 0 saturated heterocycles. The van der Waals surface area contributed by atoms with E-state index in [1.54, 1.807) is 6.07 Å². The Morgan fingerprint density at radius 2 is 2.13 bits per heavy atom. The number of hydrogen-bond acceptors (Lipinski definition) is 2. The second kappa shape index (κ2) is 5.32. The van der Waals surface area contributed by atoms with Crippen molar-refractivity contribution in [1.29, 1.82) is 0 Å². The van der Waals surface area contributed by atoms with Crippen molar-refractivity contribution in [3.63, 3.8) is 0 Å². The van der Waals surface area contributed by atoms with Gasteiger partial charge in [0.25, 0.3) is 0 Å². The van der Waals surface area contributed by atoms with Gasteiger partial charge in [0.15, 0.2) is 0 Å². The fourth-order valence-corrected chi connectivity index (χ4v) is 2.36. The molecule has 1 rings (SSSR count). The van der Waals surface area contributed by atoms with Crippen LogP contribution in [0.5, 0.6) is 5.75 Å². The van der Waals surface area contributed by atoms with Gasteiger partial charge < -0.3 is 9.84 Å². The van der Waals surface area contributed by atoms with Crippen LogP contribution >= 0.6 is 31.9 Å². The van der Waals surface area contributed by atoms with Crippen LogP contribution in [0.25, 0.3) is 6.08 Å². The number of benzene rings is 1. The maximum absolute atomic E-state index is 10.4. The highest BCUT2D eigenvalue weighted by Gasteiger charge is 2.06.